The second-order valence-corrected chi connectivity index (χ2v) is 2.91. The van der Waals surface area contributed by atoms with E-state index in [9.17, 15) is 4.39 Å². The van der Waals surface area contributed by atoms with Crippen molar-refractivity contribution >= 4 is 0 Å². The third-order valence-corrected chi connectivity index (χ3v) is 2.11. The van der Waals surface area contributed by atoms with Crippen LogP contribution in [0.1, 0.15) is 24.6 Å². The number of aromatic nitrogens is 1. The number of hydrogen-bond acceptors (Lipinski definition) is 1. The van der Waals surface area contributed by atoms with Crippen LogP contribution in [-0.4, -0.2) is 11.5 Å². The van der Waals surface area contributed by atoms with E-state index in [1.54, 1.807) is 6.07 Å². The van der Waals surface area contributed by atoms with Gasteiger partial charge in [-0.1, -0.05) is 0 Å². The van der Waals surface area contributed by atoms with Crippen molar-refractivity contribution in [2.24, 2.45) is 0 Å². The molecule has 1 aliphatic heterocycles. The van der Waals surface area contributed by atoms with Gasteiger partial charge in [-0.05, 0) is 31.5 Å². The first-order valence-electron chi connectivity index (χ1n) is 3.94. The van der Waals surface area contributed by atoms with E-state index in [1.807, 2.05) is 0 Å². The van der Waals surface area contributed by atoms with Crippen LogP contribution in [0.3, 0.4) is 0 Å². The van der Waals surface area contributed by atoms with E-state index in [0.29, 0.717) is 6.04 Å². The molecule has 2 rings (SSSR count). The summed E-state index contributed by atoms with van der Waals surface area (Å²) < 4.78 is 12.5. The van der Waals surface area contributed by atoms with Gasteiger partial charge in [-0.25, -0.2) is 0 Å². The van der Waals surface area contributed by atoms with Gasteiger partial charge in [0, 0.05) is 11.7 Å². The molecule has 1 atom stereocenters. The molecule has 60 valence electrons. The van der Waals surface area contributed by atoms with Crippen molar-refractivity contribution in [3.8, 4) is 0 Å². The van der Waals surface area contributed by atoms with Gasteiger partial charge in [0.25, 0.3) is 0 Å². The van der Waals surface area contributed by atoms with Crippen LogP contribution in [0.5, 0.6) is 0 Å². The quantitative estimate of drug-likeness (QED) is 0.631. The van der Waals surface area contributed by atoms with E-state index in [4.69, 9.17) is 0 Å². The molecule has 1 aromatic rings. The summed E-state index contributed by atoms with van der Waals surface area (Å²) in [6, 6.07) is 3.62. The predicted molar refractivity (Wildman–Crippen MR) is 40.7 cm³/mol. The topological polar surface area (TPSA) is 27.8 Å². The van der Waals surface area contributed by atoms with Crippen molar-refractivity contribution in [3.05, 3.63) is 23.8 Å². The first-order valence-corrected chi connectivity index (χ1v) is 3.94. The highest BCUT2D eigenvalue weighted by Gasteiger charge is 2.16. The SMILES string of the molecule is Fc1ccc([C@@H]2CCCN2)[nH]1. The third-order valence-electron chi connectivity index (χ3n) is 2.11. The molecule has 2 N–H and O–H groups in total. The minimum atomic E-state index is -0.242. The van der Waals surface area contributed by atoms with Gasteiger partial charge in [0.1, 0.15) is 0 Å². The van der Waals surface area contributed by atoms with Crippen LogP contribution in [0.4, 0.5) is 4.39 Å². The standard InChI is InChI=1S/C8H11FN2/c9-8-4-3-7(11-8)6-2-1-5-10-6/h3-4,6,10-11H,1-2,5H2/t6-/m0/s1. The van der Waals surface area contributed by atoms with E-state index in [2.05, 4.69) is 10.3 Å². The van der Waals surface area contributed by atoms with Crippen LogP contribution in [-0.2, 0) is 0 Å². The molecule has 0 spiro atoms. The Bertz CT molecular complexity index is 238. The molecule has 0 aliphatic carbocycles. The molecule has 3 heteroatoms. The predicted octanol–water partition coefficient (Wildman–Crippen LogP) is 1.58. The average Bonchev–Trinajstić information content (AvgIpc) is 2.55. The fourth-order valence-electron chi connectivity index (χ4n) is 1.54. The number of H-pyrrole nitrogens is 1. The van der Waals surface area contributed by atoms with Gasteiger partial charge in [0.15, 0.2) is 5.95 Å². The van der Waals surface area contributed by atoms with E-state index in [1.165, 1.54) is 12.5 Å². The van der Waals surface area contributed by atoms with Gasteiger partial charge >= 0.3 is 0 Å². The first kappa shape index (κ1) is 6.85. The van der Waals surface area contributed by atoms with Crippen molar-refractivity contribution in [1.29, 1.82) is 0 Å². The zero-order chi connectivity index (χ0) is 7.68. The lowest BCUT2D eigenvalue weighted by Crippen LogP contribution is -2.12. The van der Waals surface area contributed by atoms with Crippen molar-refractivity contribution < 1.29 is 4.39 Å². The number of nitrogens with one attached hydrogen (secondary N) is 2. The highest BCUT2D eigenvalue weighted by Crippen LogP contribution is 2.21. The lowest BCUT2D eigenvalue weighted by atomic mass is 10.2. The van der Waals surface area contributed by atoms with Crippen LogP contribution in [0.2, 0.25) is 0 Å². The maximum Gasteiger partial charge on any atom is 0.191 e. The Hall–Kier alpha value is -0.830. The third kappa shape index (κ3) is 1.28. The first-order chi connectivity index (χ1) is 5.36. The Labute approximate surface area is 64.8 Å². The molecule has 0 aromatic carbocycles. The number of rotatable bonds is 1. The molecule has 1 aromatic heterocycles. The fraction of sp³-hybridized carbons (Fsp3) is 0.500. The smallest absolute Gasteiger partial charge is 0.191 e. The van der Waals surface area contributed by atoms with Gasteiger partial charge in [-0.15, -0.1) is 0 Å². The summed E-state index contributed by atoms with van der Waals surface area (Å²) in [7, 11) is 0. The second-order valence-electron chi connectivity index (χ2n) is 2.91. The van der Waals surface area contributed by atoms with Crippen molar-refractivity contribution in [1.82, 2.24) is 10.3 Å². The maximum absolute atomic E-state index is 12.5. The molecular weight excluding hydrogens is 143 g/mol. The molecule has 0 saturated carbocycles. The minimum Gasteiger partial charge on any atom is -0.334 e. The van der Waals surface area contributed by atoms with Crippen LogP contribution < -0.4 is 5.32 Å². The Morgan fingerprint density at radius 3 is 2.91 bits per heavy atom. The lowest BCUT2D eigenvalue weighted by Gasteiger charge is -2.05. The molecule has 2 nitrogen and oxygen atoms in total. The average molecular weight is 154 g/mol. The highest BCUT2D eigenvalue weighted by atomic mass is 19.1. The summed E-state index contributed by atoms with van der Waals surface area (Å²) in [5.74, 6) is -0.242. The zero-order valence-corrected chi connectivity index (χ0v) is 6.23. The van der Waals surface area contributed by atoms with Gasteiger partial charge in [0.2, 0.25) is 0 Å². The Kier molecular flexibility index (Phi) is 1.66. The highest BCUT2D eigenvalue weighted by molar-refractivity contribution is 5.11. The lowest BCUT2D eigenvalue weighted by molar-refractivity contribution is 0.568. The fourth-order valence-corrected chi connectivity index (χ4v) is 1.54. The summed E-state index contributed by atoms with van der Waals surface area (Å²) in [6.45, 7) is 1.05. The monoisotopic (exact) mass is 154 g/mol. The maximum atomic E-state index is 12.5. The number of hydrogen-bond donors (Lipinski definition) is 2. The molecular formula is C8H11FN2. The number of aromatic amines is 1. The normalized spacial score (nSPS) is 24.3. The molecule has 0 amide bonds. The Morgan fingerprint density at radius 2 is 2.36 bits per heavy atom. The summed E-state index contributed by atoms with van der Waals surface area (Å²) in [5.41, 5.74) is 0.972. The van der Waals surface area contributed by atoms with E-state index < -0.39 is 0 Å². The van der Waals surface area contributed by atoms with Crippen LogP contribution in [0.15, 0.2) is 12.1 Å². The summed E-state index contributed by atoms with van der Waals surface area (Å²) in [4.78, 5) is 2.69. The van der Waals surface area contributed by atoms with Crippen LogP contribution in [0, 0.1) is 5.95 Å². The summed E-state index contributed by atoms with van der Waals surface area (Å²) >= 11 is 0. The molecule has 11 heavy (non-hydrogen) atoms. The molecule has 1 saturated heterocycles. The van der Waals surface area contributed by atoms with Crippen LogP contribution >= 0.6 is 0 Å². The second kappa shape index (κ2) is 2.66. The van der Waals surface area contributed by atoms with Gasteiger partial charge < -0.3 is 10.3 Å². The summed E-state index contributed by atoms with van der Waals surface area (Å²) in [6.07, 6.45) is 2.30. The van der Waals surface area contributed by atoms with Crippen molar-refractivity contribution in [3.63, 3.8) is 0 Å². The van der Waals surface area contributed by atoms with Crippen molar-refractivity contribution in [2.75, 3.05) is 6.54 Å². The van der Waals surface area contributed by atoms with Crippen LogP contribution in [0.25, 0.3) is 0 Å². The Balaban J connectivity index is 2.15. The van der Waals surface area contributed by atoms with Gasteiger partial charge in [-0.3, -0.25) is 0 Å². The minimum absolute atomic E-state index is 0.242. The zero-order valence-electron chi connectivity index (χ0n) is 6.23. The molecule has 1 fully saturated rings. The van der Waals surface area contributed by atoms with Gasteiger partial charge in [-0.2, -0.15) is 4.39 Å². The van der Waals surface area contributed by atoms with E-state index in [-0.39, 0.29) is 5.95 Å². The molecule has 2 heterocycles. The molecule has 0 unspecified atom stereocenters. The van der Waals surface area contributed by atoms with E-state index >= 15 is 0 Å². The number of halogens is 1. The Morgan fingerprint density at radius 1 is 1.45 bits per heavy atom. The van der Waals surface area contributed by atoms with Crippen molar-refractivity contribution in [2.45, 2.75) is 18.9 Å². The summed E-state index contributed by atoms with van der Waals surface area (Å²) in [5, 5.41) is 3.29. The van der Waals surface area contributed by atoms with E-state index in [0.717, 1.165) is 18.7 Å². The molecule has 0 bridgehead atoms. The molecule has 1 aliphatic rings. The largest absolute Gasteiger partial charge is 0.334 e. The van der Waals surface area contributed by atoms with Gasteiger partial charge in [0.05, 0.1) is 0 Å². The molecule has 0 radical (unpaired) electrons.